The van der Waals surface area contributed by atoms with Gasteiger partial charge in [-0.05, 0) is 18.9 Å². The maximum Gasteiger partial charge on any atom is 0.435 e. The second kappa shape index (κ2) is 5.50. The average molecular weight is 278 g/mol. The van der Waals surface area contributed by atoms with Gasteiger partial charge in [0.05, 0.1) is 0 Å². The van der Waals surface area contributed by atoms with Crippen molar-refractivity contribution in [3.63, 3.8) is 0 Å². The SMILES string of the molecule is CC(C)(CCCn1ccc(C(F)(F)F)n1)C(N)=NO. The molecular weight excluding hydrogens is 261 g/mol. The van der Waals surface area contributed by atoms with E-state index in [9.17, 15) is 13.2 Å². The summed E-state index contributed by atoms with van der Waals surface area (Å²) in [6.07, 6.45) is -1.98. The topological polar surface area (TPSA) is 76.4 Å². The molecular formula is C11H17F3N4O. The first-order chi connectivity index (χ1) is 8.66. The van der Waals surface area contributed by atoms with Crippen LogP contribution >= 0.6 is 0 Å². The molecule has 5 nitrogen and oxygen atoms in total. The number of nitrogens with two attached hydrogens (primary N) is 1. The fourth-order valence-corrected chi connectivity index (χ4v) is 1.58. The number of rotatable bonds is 5. The molecule has 0 spiro atoms. The van der Waals surface area contributed by atoms with Crippen LogP contribution in [-0.2, 0) is 12.7 Å². The summed E-state index contributed by atoms with van der Waals surface area (Å²) in [5.41, 5.74) is 4.12. The van der Waals surface area contributed by atoms with Crippen LogP contribution in [0.15, 0.2) is 17.4 Å². The Labute approximate surface area is 108 Å². The van der Waals surface area contributed by atoms with E-state index in [1.165, 1.54) is 10.9 Å². The van der Waals surface area contributed by atoms with E-state index in [0.29, 0.717) is 19.4 Å². The second-order valence-corrected chi connectivity index (χ2v) is 4.93. The summed E-state index contributed by atoms with van der Waals surface area (Å²) in [6, 6.07) is 0.939. The van der Waals surface area contributed by atoms with E-state index in [1.54, 1.807) is 13.8 Å². The fraction of sp³-hybridized carbons (Fsp3) is 0.636. The van der Waals surface area contributed by atoms with Gasteiger partial charge in [-0.1, -0.05) is 19.0 Å². The highest BCUT2D eigenvalue weighted by atomic mass is 19.4. The van der Waals surface area contributed by atoms with E-state index in [0.717, 1.165) is 6.07 Å². The van der Waals surface area contributed by atoms with Crippen LogP contribution in [-0.4, -0.2) is 20.8 Å². The van der Waals surface area contributed by atoms with Gasteiger partial charge in [-0.2, -0.15) is 18.3 Å². The van der Waals surface area contributed by atoms with E-state index in [-0.39, 0.29) is 5.84 Å². The molecule has 0 saturated carbocycles. The molecule has 108 valence electrons. The molecule has 0 bridgehead atoms. The van der Waals surface area contributed by atoms with E-state index < -0.39 is 17.3 Å². The Kier molecular flexibility index (Phi) is 4.43. The molecule has 0 radical (unpaired) electrons. The molecule has 0 aromatic carbocycles. The lowest BCUT2D eigenvalue weighted by atomic mass is 9.86. The van der Waals surface area contributed by atoms with Crippen molar-refractivity contribution in [2.24, 2.45) is 16.3 Å². The third kappa shape index (κ3) is 4.15. The van der Waals surface area contributed by atoms with Gasteiger partial charge in [0, 0.05) is 18.2 Å². The average Bonchev–Trinajstić information content (AvgIpc) is 2.76. The lowest BCUT2D eigenvalue weighted by Gasteiger charge is -2.22. The van der Waals surface area contributed by atoms with Crippen molar-refractivity contribution in [2.75, 3.05) is 0 Å². The highest BCUT2D eigenvalue weighted by molar-refractivity contribution is 5.85. The Bertz CT molecular complexity index is 451. The number of nitrogens with zero attached hydrogens (tertiary/aromatic N) is 3. The van der Waals surface area contributed by atoms with E-state index >= 15 is 0 Å². The zero-order valence-corrected chi connectivity index (χ0v) is 10.8. The molecule has 1 rings (SSSR count). The minimum atomic E-state index is -4.42. The molecule has 0 aliphatic carbocycles. The van der Waals surface area contributed by atoms with Crippen LogP contribution < -0.4 is 5.73 Å². The smallest absolute Gasteiger partial charge is 0.409 e. The molecule has 1 heterocycles. The van der Waals surface area contributed by atoms with Gasteiger partial charge in [0.2, 0.25) is 0 Å². The summed E-state index contributed by atoms with van der Waals surface area (Å²) >= 11 is 0. The molecule has 8 heteroatoms. The van der Waals surface area contributed by atoms with E-state index in [2.05, 4.69) is 10.3 Å². The van der Waals surface area contributed by atoms with Gasteiger partial charge in [0.25, 0.3) is 0 Å². The molecule has 0 fully saturated rings. The maximum atomic E-state index is 12.3. The Morgan fingerprint density at radius 1 is 1.47 bits per heavy atom. The van der Waals surface area contributed by atoms with Crippen LogP contribution in [0, 0.1) is 5.41 Å². The molecule has 0 amide bonds. The third-order valence-corrected chi connectivity index (χ3v) is 2.92. The first-order valence-electron chi connectivity index (χ1n) is 5.75. The van der Waals surface area contributed by atoms with Crippen LogP contribution in [0.1, 0.15) is 32.4 Å². The fourth-order valence-electron chi connectivity index (χ4n) is 1.58. The van der Waals surface area contributed by atoms with E-state index in [4.69, 9.17) is 10.9 Å². The van der Waals surface area contributed by atoms with Gasteiger partial charge in [-0.25, -0.2) is 0 Å². The minimum Gasteiger partial charge on any atom is -0.409 e. The molecule has 19 heavy (non-hydrogen) atoms. The van der Waals surface area contributed by atoms with Crippen molar-refractivity contribution in [1.29, 1.82) is 0 Å². The van der Waals surface area contributed by atoms with Crippen molar-refractivity contribution in [2.45, 2.75) is 39.4 Å². The van der Waals surface area contributed by atoms with Crippen LogP contribution in [0.25, 0.3) is 0 Å². The Morgan fingerprint density at radius 3 is 2.58 bits per heavy atom. The Hall–Kier alpha value is -1.73. The third-order valence-electron chi connectivity index (χ3n) is 2.92. The summed E-state index contributed by atoms with van der Waals surface area (Å²) in [7, 11) is 0. The predicted octanol–water partition coefficient (Wildman–Crippen LogP) is 2.45. The molecule has 0 atom stereocenters. The summed E-state index contributed by atoms with van der Waals surface area (Å²) in [5, 5.41) is 15.0. The molecule has 3 N–H and O–H groups in total. The number of alkyl halides is 3. The standard InChI is InChI=1S/C11H17F3N4O/c1-10(2,9(15)17-19)5-3-6-18-7-4-8(16-18)11(12,13)14/h4,7,19H,3,5-6H2,1-2H3,(H2,15,17). The van der Waals surface area contributed by atoms with Crippen molar-refractivity contribution in [3.05, 3.63) is 18.0 Å². The Balaban J connectivity index is 2.53. The molecule has 1 aromatic heterocycles. The number of oxime groups is 1. The Morgan fingerprint density at radius 2 is 2.11 bits per heavy atom. The lowest BCUT2D eigenvalue weighted by Crippen LogP contribution is -2.32. The van der Waals surface area contributed by atoms with Gasteiger partial charge < -0.3 is 10.9 Å². The molecule has 0 aliphatic heterocycles. The van der Waals surface area contributed by atoms with Gasteiger partial charge in [-0.15, -0.1) is 0 Å². The van der Waals surface area contributed by atoms with E-state index in [1.807, 2.05) is 0 Å². The zero-order chi connectivity index (χ0) is 14.7. The van der Waals surface area contributed by atoms with Gasteiger partial charge in [-0.3, -0.25) is 4.68 Å². The van der Waals surface area contributed by atoms with Gasteiger partial charge >= 0.3 is 6.18 Å². The molecule has 0 aliphatic rings. The van der Waals surface area contributed by atoms with Crippen LogP contribution in [0.5, 0.6) is 0 Å². The van der Waals surface area contributed by atoms with Crippen molar-refractivity contribution in [1.82, 2.24) is 9.78 Å². The molecule has 1 aromatic rings. The number of aromatic nitrogens is 2. The second-order valence-electron chi connectivity index (χ2n) is 4.93. The summed E-state index contributed by atoms with van der Waals surface area (Å²) in [4.78, 5) is 0. The molecule has 0 saturated heterocycles. The van der Waals surface area contributed by atoms with Crippen LogP contribution in [0.3, 0.4) is 0 Å². The number of hydrogen-bond donors (Lipinski definition) is 2. The van der Waals surface area contributed by atoms with Crippen molar-refractivity contribution in [3.8, 4) is 0 Å². The monoisotopic (exact) mass is 278 g/mol. The largest absolute Gasteiger partial charge is 0.435 e. The minimum absolute atomic E-state index is 0.101. The highest BCUT2D eigenvalue weighted by Crippen LogP contribution is 2.27. The van der Waals surface area contributed by atoms with Crippen LogP contribution in [0.4, 0.5) is 13.2 Å². The number of amidine groups is 1. The van der Waals surface area contributed by atoms with Crippen molar-refractivity contribution < 1.29 is 18.4 Å². The summed E-state index contributed by atoms with van der Waals surface area (Å²) < 4.78 is 38.2. The number of hydrogen-bond acceptors (Lipinski definition) is 3. The first-order valence-corrected chi connectivity index (χ1v) is 5.75. The highest BCUT2D eigenvalue weighted by Gasteiger charge is 2.33. The van der Waals surface area contributed by atoms with Gasteiger partial charge in [0.1, 0.15) is 5.84 Å². The summed E-state index contributed by atoms with van der Waals surface area (Å²) in [5.74, 6) is 0.101. The van der Waals surface area contributed by atoms with Crippen molar-refractivity contribution >= 4 is 5.84 Å². The lowest BCUT2D eigenvalue weighted by molar-refractivity contribution is -0.141. The number of halogens is 3. The number of aryl methyl sites for hydroxylation is 1. The quantitative estimate of drug-likeness (QED) is 0.376. The maximum absolute atomic E-state index is 12.3. The zero-order valence-electron chi connectivity index (χ0n) is 10.8. The molecule has 0 unspecified atom stereocenters. The first kappa shape index (κ1) is 15.3. The predicted molar refractivity (Wildman–Crippen MR) is 63.7 cm³/mol. The van der Waals surface area contributed by atoms with Crippen LogP contribution in [0.2, 0.25) is 0 Å². The summed E-state index contributed by atoms with van der Waals surface area (Å²) in [6.45, 7) is 3.94. The normalized spacial score (nSPS) is 13.8. The van der Waals surface area contributed by atoms with Gasteiger partial charge in [0.15, 0.2) is 5.69 Å².